The van der Waals surface area contributed by atoms with Crippen LogP contribution in [0.2, 0.25) is 0 Å². The molecule has 1 N–H and O–H groups in total. The maximum absolute atomic E-state index is 13.0. The van der Waals surface area contributed by atoms with Gasteiger partial charge in [0.1, 0.15) is 35.8 Å². The van der Waals surface area contributed by atoms with Gasteiger partial charge in [0.25, 0.3) is 0 Å². The first kappa shape index (κ1) is 25.4. The third-order valence-corrected chi connectivity index (χ3v) is 7.83. The molecule has 186 valence electrons. The van der Waals surface area contributed by atoms with Crippen LogP contribution in [0.25, 0.3) is 0 Å². The summed E-state index contributed by atoms with van der Waals surface area (Å²) in [5.41, 5.74) is 2.26. The number of aryl methyl sites for hydroxylation is 1. The first-order chi connectivity index (χ1) is 17.0. The van der Waals surface area contributed by atoms with E-state index in [9.17, 15) is 9.50 Å². The van der Waals surface area contributed by atoms with Gasteiger partial charge in [-0.05, 0) is 81.2 Å². The van der Waals surface area contributed by atoms with Crippen molar-refractivity contribution in [3.05, 3.63) is 83.7 Å². The molecule has 2 heterocycles. The number of ether oxygens (including phenoxy) is 2. The van der Waals surface area contributed by atoms with Crippen LogP contribution in [0.3, 0.4) is 0 Å². The Balaban J connectivity index is 0.000000168. The number of rotatable bonds is 5. The van der Waals surface area contributed by atoms with Crippen molar-refractivity contribution in [3.63, 3.8) is 0 Å². The summed E-state index contributed by atoms with van der Waals surface area (Å²) in [6, 6.07) is 19.8. The third kappa shape index (κ3) is 7.15. The van der Waals surface area contributed by atoms with E-state index in [1.165, 1.54) is 50.0 Å². The fraction of sp³-hybridized carbons (Fsp3) is 0.379. The molecular weight excluding hydrogens is 461 g/mol. The third-order valence-electron chi connectivity index (χ3n) is 6.33. The van der Waals surface area contributed by atoms with E-state index in [0.29, 0.717) is 5.75 Å². The van der Waals surface area contributed by atoms with Crippen molar-refractivity contribution in [1.29, 1.82) is 0 Å². The van der Waals surface area contributed by atoms with Gasteiger partial charge in [-0.15, -0.1) is 11.8 Å². The molecule has 0 unspecified atom stereocenters. The molecule has 6 heteroatoms. The second-order valence-electron chi connectivity index (χ2n) is 9.06. The number of hydrogen-bond acceptors (Lipinski definition) is 5. The lowest BCUT2D eigenvalue weighted by Gasteiger charge is -2.31. The fourth-order valence-electron chi connectivity index (χ4n) is 4.36. The molecule has 0 radical (unpaired) electrons. The SMILES string of the molecule is C[C@H]1Oc2cc(O)ccc2S[C@H]1c1ccc(F)cc1.Cc1ccccc1OCCN1CCCCC1. The maximum atomic E-state index is 13.0. The van der Waals surface area contributed by atoms with Crippen LogP contribution < -0.4 is 9.47 Å². The van der Waals surface area contributed by atoms with Crippen molar-refractivity contribution in [2.24, 2.45) is 0 Å². The van der Waals surface area contributed by atoms with Gasteiger partial charge in [0, 0.05) is 12.6 Å². The molecule has 4 nitrogen and oxygen atoms in total. The highest BCUT2D eigenvalue weighted by Crippen LogP contribution is 2.48. The van der Waals surface area contributed by atoms with Crippen molar-refractivity contribution in [2.45, 2.75) is 49.4 Å². The second-order valence-corrected chi connectivity index (χ2v) is 10.2. The van der Waals surface area contributed by atoms with Crippen molar-refractivity contribution in [3.8, 4) is 17.2 Å². The van der Waals surface area contributed by atoms with E-state index in [0.717, 1.165) is 29.4 Å². The first-order valence-corrected chi connectivity index (χ1v) is 13.2. The molecular formula is C29H34FNO3S. The number of fused-ring (bicyclic) bond motifs is 1. The summed E-state index contributed by atoms with van der Waals surface area (Å²) in [5.74, 6) is 1.70. The molecule has 3 aromatic carbocycles. The number of hydrogen-bond donors (Lipinski definition) is 1. The van der Waals surface area contributed by atoms with E-state index in [4.69, 9.17) is 9.47 Å². The van der Waals surface area contributed by atoms with E-state index in [2.05, 4.69) is 17.9 Å². The van der Waals surface area contributed by atoms with Crippen molar-refractivity contribution < 1.29 is 19.0 Å². The highest BCUT2D eigenvalue weighted by atomic mass is 32.2. The summed E-state index contributed by atoms with van der Waals surface area (Å²) in [6.07, 6.45) is 4.06. The Morgan fingerprint density at radius 2 is 1.77 bits per heavy atom. The Labute approximate surface area is 212 Å². The Bertz CT molecular complexity index is 1090. The number of para-hydroxylation sites is 1. The van der Waals surface area contributed by atoms with E-state index in [1.807, 2.05) is 31.2 Å². The quantitative estimate of drug-likeness (QED) is 0.413. The van der Waals surface area contributed by atoms with Gasteiger partial charge in [-0.2, -0.15) is 0 Å². The largest absolute Gasteiger partial charge is 0.508 e. The Kier molecular flexibility index (Phi) is 8.94. The lowest BCUT2D eigenvalue weighted by atomic mass is 10.1. The van der Waals surface area contributed by atoms with Gasteiger partial charge in [-0.25, -0.2) is 4.39 Å². The van der Waals surface area contributed by atoms with Gasteiger partial charge >= 0.3 is 0 Å². The molecule has 0 saturated carbocycles. The highest BCUT2D eigenvalue weighted by Gasteiger charge is 2.29. The lowest BCUT2D eigenvalue weighted by Crippen LogP contribution is -2.33. The average molecular weight is 496 g/mol. The van der Waals surface area contributed by atoms with Crippen molar-refractivity contribution in [2.75, 3.05) is 26.2 Å². The molecule has 0 amide bonds. The molecule has 0 spiro atoms. The Hall–Kier alpha value is -2.70. The van der Waals surface area contributed by atoms with Crippen LogP contribution in [-0.4, -0.2) is 42.4 Å². The molecule has 1 fully saturated rings. The Morgan fingerprint density at radius 1 is 1.03 bits per heavy atom. The standard InChI is InChI=1S/C15H13FO2S.C14H21NO/c1-9-15(10-2-4-11(16)5-3-10)19-14-7-6-12(17)8-13(14)18-9;1-13-7-3-4-8-14(13)16-12-11-15-9-5-2-6-10-15/h2-9,15,17H,1H3;3-4,7-8H,2,5-6,9-12H2,1H3/t9-,15-;/m1./s1. The molecule has 0 aromatic heterocycles. The molecule has 3 aromatic rings. The summed E-state index contributed by atoms with van der Waals surface area (Å²) in [5, 5.41) is 9.58. The number of nitrogens with zero attached hydrogens (tertiary/aromatic N) is 1. The number of thioether (sulfide) groups is 1. The fourth-order valence-corrected chi connectivity index (χ4v) is 5.54. The number of aromatic hydroxyl groups is 1. The molecule has 0 bridgehead atoms. The van der Waals surface area contributed by atoms with Crippen LogP contribution >= 0.6 is 11.8 Å². The number of benzene rings is 3. The predicted molar refractivity (Wildman–Crippen MR) is 140 cm³/mol. The summed E-state index contributed by atoms with van der Waals surface area (Å²) >= 11 is 1.67. The van der Waals surface area contributed by atoms with Crippen LogP contribution in [-0.2, 0) is 0 Å². The number of piperidine rings is 1. The topological polar surface area (TPSA) is 41.9 Å². The van der Waals surface area contributed by atoms with E-state index >= 15 is 0 Å². The summed E-state index contributed by atoms with van der Waals surface area (Å²) in [4.78, 5) is 3.49. The Morgan fingerprint density at radius 3 is 2.51 bits per heavy atom. The van der Waals surface area contributed by atoms with E-state index in [-0.39, 0.29) is 22.9 Å². The minimum atomic E-state index is -0.233. The number of likely N-dealkylation sites (tertiary alicyclic amines) is 1. The zero-order valence-corrected chi connectivity index (χ0v) is 21.3. The van der Waals surface area contributed by atoms with Crippen molar-refractivity contribution in [1.82, 2.24) is 4.90 Å². The monoisotopic (exact) mass is 495 g/mol. The second kappa shape index (κ2) is 12.3. The van der Waals surface area contributed by atoms with Crippen LogP contribution in [0.4, 0.5) is 4.39 Å². The van der Waals surface area contributed by atoms with Gasteiger partial charge < -0.3 is 14.6 Å². The van der Waals surface area contributed by atoms with Gasteiger partial charge in [0.15, 0.2) is 0 Å². The first-order valence-electron chi connectivity index (χ1n) is 12.3. The minimum Gasteiger partial charge on any atom is -0.508 e. The number of halogens is 1. The average Bonchev–Trinajstić information content (AvgIpc) is 2.86. The van der Waals surface area contributed by atoms with E-state index in [1.54, 1.807) is 36.0 Å². The molecule has 35 heavy (non-hydrogen) atoms. The summed E-state index contributed by atoms with van der Waals surface area (Å²) < 4.78 is 24.6. The van der Waals surface area contributed by atoms with Gasteiger partial charge in [-0.3, -0.25) is 4.90 Å². The maximum Gasteiger partial charge on any atom is 0.137 e. The van der Waals surface area contributed by atoms with E-state index < -0.39 is 0 Å². The van der Waals surface area contributed by atoms with Gasteiger partial charge in [0.2, 0.25) is 0 Å². The van der Waals surface area contributed by atoms with Crippen LogP contribution in [0.5, 0.6) is 17.2 Å². The zero-order valence-electron chi connectivity index (χ0n) is 20.5. The van der Waals surface area contributed by atoms with Gasteiger partial charge in [-0.1, -0.05) is 36.8 Å². The van der Waals surface area contributed by atoms with Crippen LogP contribution in [0, 0.1) is 12.7 Å². The molecule has 2 aliphatic rings. The molecule has 1 saturated heterocycles. The van der Waals surface area contributed by atoms with Crippen LogP contribution in [0.1, 0.15) is 42.6 Å². The molecule has 0 aliphatic carbocycles. The smallest absolute Gasteiger partial charge is 0.137 e. The zero-order chi connectivity index (χ0) is 24.6. The number of phenols is 1. The van der Waals surface area contributed by atoms with Gasteiger partial charge in [0.05, 0.1) is 10.1 Å². The molecule has 5 rings (SSSR count). The number of phenolic OH excluding ortho intramolecular Hbond substituents is 1. The summed E-state index contributed by atoms with van der Waals surface area (Å²) in [6.45, 7) is 8.44. The summed E-state index contributed by atoms with van der Waals surface area (Å²) in [7, 11) is 0. The minimum absolute atomic E-state index is 0.0373. The molecule has 2 aliphatic heterocycles. The molecule has 2 atom stereocenters. The highest BCUT2D eigenvalue weighted by molar-refractivity contribution is 7.99. The normalized spacial score (nSPS) is 19.6. The van der Waals surface area contributed by atoms with Crippen molar-refractivity contribution >= 4 is 11.8 Å². The lowest BCUT2D eigenvalue weighted by molar-refractivity contribution is 0.183. The van der Waals surface area contributed by atoms with Crippen LogP contribution in [0.15, 0.2) is 71.6 Å². The predicted octanol–water partition coefficient (Wildman–Crippen LogP) is 7.01.